The molecule has 0 radical (unpaired) electrons. The molecule has 0 bridgehead atoms. The van der Waals surface area contributed by atoms with Crippen LogP contribution in [0.25, 0.3) is 0 Å². The van der Waals surface area contributed by atoms with Crippen LogP contribution in [0.5, 0.6) is 0 Å². The molecular weight excluding hydrogens is 136 g/mol. The van der Waals surface area contributed by atoms with Gasteiger partial charge in [-0.3, -0.25) is 4.79 Å². The van der Waals surface area contributed by atoms with Crippen molar-refractivity contribution < 1.29 is 4.79 Å². The molecule has 0 aliphatic heterocycles. The Morgan fingerprint density at radius 3 is 2.91 bits per heavy atom. The first kappa shape index (κ1) is 8.51. The molecule has 0 aromatic carbocycles. The number of Topliss-reactive ketones (excluding diaryl/α,β-unsaturated/α-hetero) is 1. The highest BCUT2D eigenvalue weighted by Gasteiger charge is 2.19. The van der Waals surface area contributed by atoms with Gasteiger partial charge in [-0.05, 0) is 18.8 Å². The minimum atomic E-state index is 0.226. The highest BCUT2D eigenvalue weighted by molar-refractivity contribution is 5.82. The van der Waals surface area contributed by atoms with Gasteiger partial charge >= 0.3 is 0 Å². The lowest BCUT2D eigenvalue weighted by Gasteiger charge is -2.19. The van der Waals surface area contributed by atoms with Gasteiger partial charge in [0.2, 0.25) is 0 Å². The largest absolute Gasteiger partial charge is 0.299 e. The summed E-state index contributed by atoms with van der Waals surface area (Å²) in [4.78, 5) is 11.3. The van der Waals surface area contributed by atoms with Gasteiger partial charge < -0.3 is 0 Å². The van der Waals surface area contributed by atoms with Gasteiger partial charge in [-0.25, -0.2) is 0 Å². The van der Waals surface area contributed by atoms with Crippen molar-refractivity contribution in [3.63, 3.8) is 0 Å². The van der Waals surface area contributed by atoms with Crippen LogP contribution in [-0.2, 0) is 4.79 Å². The fourth-order valence-electron chi connectivity index (χ4n) is 1.58. The number of hydrogen-bond donors (Lipinski definition) is 0. The standard InChI is InChI=1S/C10H16O/c1-3-10(11)9-6-4-5-8(2)7-9/h4,6,8-9H,3,5,7H2,1-2H3/t8-,9+/m1/s1. The van der Waals surface area contributed by atoms with Crippen LogP contribution in [0.1, 0.15) is 33.1 Å². The molecule has 0 fully saturated rings. The molecule has 0 spiro atoms. The van der Waals surface area contributed by atoms with Crippen molar-refractivity contribution in [3.8, 4) is 0 Å². The number of rotatable bonds is 2. The van der Waals surface area contributed by atoms with Crippen LogP contribution in [0.4, 0.5) is 0 Å². The normalized spacial score (nSPS) is 30.4. The zero-order chi connectivity index (χ0) is 8.27. The van der Waals surface area contributed by atoms with Crippen molar-refractivity contribution >= 4 is 5.78 Å². The predicted molar refractivity (Wildman–Crippen MR) is 46.3 cm³/mol. The number of carbonyl (C=O) groups excluding carboxylic acids is 1. The third-order valence-corrected chi connectivity index (χ3v) is 2.33. The van der Waals surface area contributed by atoms with Crippen LogP contribution >= 0.6 is 0 Å². The lowest BCUT2D eigenvalue weighted by atomic mass is 9.85. The summed E-state index contributed by atoms with van der Waals surface area (Å²) in [6.07, 6.45) is 7.11. The lowest BCUT2D eigenvalue weighted by molar-refractivity contribution is -0.121. The second-order valence-electron chi connectivity index (χ2n) is 3.43. The van der Waals surface area contributed by atoms with Gasteiger partial charge in [0, 0.05) is 12.3 Å². The second-order valence-corrected chi connectivity index (χ2v) is 3.43. The van der Waals surface area contributed by atoms with Crippen molar-refractivity contribution in [3.05, 3.63) is 12.2 Å². The molecule has 0 N–H and O–H groups in total. The number of carbonyl (C=O) groups is 1. The van der Waals surface area contributed by atoms with E-state index in [9.17, 15) is 4.79 Å². The monoisotopic (exact) mass is 152 g/mol. The molecule has 1 heteroatoms. The van der Waals surface area contributed by atoms with E-state index in [2.05, 4.69) is 19.1 Å². The number of hydrogen-bond acceptors (Lipinski definition) is 1. The topological polar surface area (TPSA) is 17.1 Å². The molecular formula is C10H16O. The fourth-order valence-corrected chi connectivity index (χ4v) is 1.58. The zero-order valence-corrected chi connectivity index (χ0v) is 7.34. The Morgan fingerprint density at radius 1 is 1.64 bits per heavy atom. The summed E-state index contributed by atoms with van der Waals surface area (Å²) in [6, 6.07) is 0. The molecule has 0 unspecified atom stereocenters. The Balaban J connectivity index is 2.52. The molecule has 0 heterocycles. The summed E-state index contributed by atoms with van der Waals surface area (Å²) < 4.78 is 0. The maximum Gasteiger partial charge on any atom is 0.139 e. The molecule has 62 valence electrons. The molecule has 0 saturated carbocycles. The van der Waals surface area contributed by atoms with Gasteiger partial charge in [0.15, 0.2) is 0 Å². The molecule has 0 aromatic heterocycles. The summed E-state index contributed by atoms with van der Waals surface area (Å²) in [5.41, 5.74) is 0. The Kier molecular flexibility index (Phi) is 2.86. The quantitative estimate of drug-likeness (QED) is 0.556. The van der Waals surface area contributed by atoms with E-state index in [4.69, 9.17) is 0 Å². The van der Waals surface area contributed by atoms with Crippen molar-refractivity contribution in [2.75, 3.05) is 0 Å². The first-order valence-corrected chi connectivity index (χ1v) is 4.43. The molecule has 0 saturated heterocycles. The van der Waals surface area contributed by atoms with E-state index in [1.165, 1.54) is 0 Å². The zero-order valence-electron chi connectivity index (χ0n) is 7.34. The van der Waals surface area contributed by atoms with E-state index in [0.29, 0.717) is 18.1 Å². The van der Waals surface area contributed by atoms with Gasteiger partial charge in [0.05, 0.1) is 0 Å². The Bertz CT molecular complexity index is 170. The van der Waals surface area contributed by atoms with Crippen molar-refractivity contribution in [2.24, 2.45) is 11.8 Å². The summed E-state index contributed by atoms with van der Waals surface area (Å²) in [7, 11) is 0. The van der Waals surface area contributed by atoms with E-state index in [1.54, 1.807) is 0 Å². The van der Waals surface area contributed by atoms with E-state index in [1.807, 2.05) is 6.92 Å². The third-order valence-electron chi connectivity index (χ3n) is 2.33. The maximum atomic E-state index is 11.3. The van der Waals surface area contributed by atoms with Crippen LogP contribution in [0.2, 0.25) is 0 Å². The van der Waals surface area contributed by atoms with E-state index in [-0.39, 0.29) is 5.92 Å². The molecule has 2 atom stereocenters. The van der Waals surface area contributed by atoms with Crippen LogP contribution in [0.15, 0.2) is 12.2 Å². The van der Waals surface area contributed by atoms with Crippen LogP contribution in [0, 0.1) is 11.8 Å². The van der Waals surface area contributed by atoms with Crippen molar-refractivity contribution in [1.82, 2.24) is 0 Å². The SMILES string of the molecule is CCC(=O)[C@H]1C=CC[C@@H](C)C1. The van der Waals surface area contributed by atoms with Crippen LogP contribution in [-0.4, -0.2) is 5.78 Å². The molecule has 0 aromatic rings. The highest BCUT2D eigenvalue weighted by Crippen LogP contribution is 2.23. The second kappa shape index (κ2) is 3.70. The highest BCUT2D eigenvalue weighted by atomic mass is 16.1. The van der Waals surface area contributed by atoms with E-state index < -0.39 is 0 Å². The first-order valence-electron chi connectivity index (χ1n) is 4.43. The summed E-state index contributed by atoms with van der Waals surface area (Å²) in [5.74, 6) is 1.32. The minimum absolute atomic E-state index is 0.226. The Labute approximate surface area is 68.5 Å². The predicted octanol–water partition coefficient (Wildman–Crippen LogP) is 2.57. The third kappa shape index (κ3) is 2.18. The smallest absolute Gasteiger partial charge is 0.139 e. The summed E-state index contributed by atoms with van der Waals surface area (Å²) in [5, 5.41) is 0. The van der Waals surface area contributed by atoms with Gasteiger partial charge in [0.1, 0.15) is 5.78 Å². The molecule has 11 heavy (non-hydrogen) atoms. The van der Waals surface area contributed by atoms with Crippen molar-refractivity contribution in [1.29, 1.82) is 0 Å². The Hall–Kier alpha value is -0.590. The van der Waals surface area contributed by atoms with Crippen molar-refractivity contribution in [2.45, 2.75) is 33.1 Å². The molecule has 1 nitrogen and oxygen atoms in total. The molecule has 1 aliphatic rings. The minimum Gasteiger partial charge on any atom is -0.299 e. The van der Waals surface area contributed by atoms with Crippen LogP contribution in [0.3, 0.4) is 0 Å². The summed E-state index contributed by atoms with van der Waals surface area (Å²) in [6.45, 7) is 4.15. The summed E-state index contributed by atoms with van der Waals surface area (Å²) >= 11 is 0. The number of ketones is 1. The van der Waals surface area contributed by atoms with Gasteiger partial charge in [-0.2, -0.15) is 0 Å². The Morgan fingerprint density at radius 2 is 2.36 bits per heavy atom. The first-order chi connectivity index (χ1) is 5.24. The molecule has 0 amide bonds. The van der Waals surface area contributed by atoms with Crippen LogP contribution < -0.4 is 0 Å². The fraction of sp³-hybridized carbons (Fsp3) is 0.700. The van der Waals surface area contributed by atoms with E-state index in [0.717, 1.165) is 12.8 Å². The average molecular weight is 152 g/mol. The average Bonchev–Trinajstić information content (AvgIpc) is 2.03. The van der Waals surface area contributed by atoms with E-state index >= 15 is 0 Å². The van der Waals surface area contributed by atoms with Gasteiger partial charge in [-0.1, -0.05) is 26.0 Å². The maximum absolute atomic E-state index is 11.3. The molecule has 1 aliphatic carbocycles. The number of allylic oxidation sites excluding steroid dienone is 2. The lowest BCUT2D eigenvalue weighted by Crippen LogP contribution is -2.17. The molecule has 1 rings (SSSR count). The van der Waals surface area contributed by atoms with Gasteiger partial charge in [-0.15, -0.1) is 0 Å². The van der Waals surface area contributed by atoms with Gasteiger partial charge in [0.25, 0.3) is 0 Å².